The summed E-state index contributed by atoms with van der Waals surface area (Å²) in [6.07, 6.45) is 0.957. The van der Waals surface area contributed by atoms with Crippen LogP contribution in [0.3, 0.4) is 0 Å². The Morgan fingerprint density at radius 1 is 1.67 bits per heavy atom. The van der Waals surface area contributed by atoms with Gasteiger partial charge in [0.2, 0.25) is 5.91 Å². The molecule has 2 rings (SSSR count). The summed E-state index contributed by atoms with van der Waals surface area (Å²) in [4.78, 5) is 13.8. The van der Waals surface area contributed by atoms with Gasteiger partial charge in [0.15, 0.2) is 5.82 Å². The smallest absolute Gasteiger partial charge is 0.228 e. The summed E-state index contributed by atoms with van der Waals surface area (Å²) >= 11 is 0. The zero-order chi connectivity index (χ0) is 13.1. The van der Waals surface area contributed by atoms with E-state index in [0.29, 0.717) is 19.0 Å². The lowest BCUT2D eigenvalue weighted by molar-refractivity contribution is -0.132. The Morgan fingerprint density at radius 3 is 3.06 bits per heavy atom. The van der Waals surface area contributed by atoms with Crippen LogP contribution in [-0.4, -0.2) is 57.7 Å². The largest absolute Gasteiger partial charge is 0.378 e. The molecule has 0 spiro atoms. The van der Waals surface area contributed by atoms with Gasteiger partial charge in [-0.2, -0.15) is 5.21 Å². The maximum atomic E-state index is 12.1. The molecule has 1 aliphatic rings. The molecule has 0 bridgehead atoms. The number of aromatic amines is 1. The van der Waals surface area contributed by atoms with Gasteiger partial charge in [-0.3, -0.25) is 4.79 Å². The molecule has 0 aromatic carbocycles. The molecule has 1 fully saturated rings. The highest BCUT2D eigenvalue weighted by molar-refractivity contribution is 5.82. The second kappa shape index (κ2) is 5.43. The molecule has 1 amide bonds. The van der Waals surface area contributed by atoms with Crippen LogP contribution in [0.25, 0.3) is 0 Å². The van der Waals surface area contributed by atoms with E-state index >= 15 is 0 Å². The molecule has 1 aromatic rings. The van der Waals surface area contributed by atoms with Gasteiger partial charge in [0.25, 0.3) is 0 Å². The number of nitrogens with one attached hydrogen (secondary N) is 1. The number of rotatable bonds is 6. The summed E-state index contributed by atoms with van der Waals surface area (Å²) in [6.45, 7) is 5.18. The van der Waals surface area contributed by atoms with E-state index in [9.17, 15) is 4.79 Å². The minimum Gasteiger partial charge on any atom is -0.378 e. The molecule has 1 N–H and O–H groups in total. The molecule has 18 heavy (non-hydrogen) atoms. The first-order valence-corrected chi connectivity index (χ1v) is 6.23. The number of carbonyl (C=O) groups is 1. The first-order chi connectivity index (χ1) is 8.63. The van der Waals surface area contributed by atoms with Crippen molar-refractivity contribution in [3.8, 4) is 0 Å². The van der Waals surface area contributed by atoms with Gasteiger partial charge in [0.05, 0.1) is 12.0 Å². The van der Waals surface area contributed by atoms with Crippen molar-refractivity contribution < 1.29 is 9.53 Å². The van der Waals surface area contributed by atoms with E-state index in [1.807, 2.05) is 13.8 Å². The summed E-state index contributed by atoms with van der Waals surface area (Å²) in [6, 6.07) is 0. The Hall–Kier alpha value is -1.50. The fraction of sp³-hybridized carbons (Fsp3) is 0.818. The Balaban J connectivity index is 1.81. The first kappa shape index (κ1) is 12.9. The molecule has 1 heterocycles. The average molecular weight is 253 g/mol. The van der Waals surface area contributed by atoms with Crippen LogP contribution in [0, 0.1) is 5.92 Å². The lowest BCUT2D eigenvalue weighted by Gasteiger charge is -2.19. The average Bonchev–Trinajstić information content (AvgIpc) is 2.91. The number of hydrogen-bond donors (Lipinski definition) is 1. The van der Waals surface area contributed by atoms with Crippen LogP contribution < -0.4 is 0 Å². The number of ether oxygens (including phenoxy) is 1. The Kier molecular flexibility index (Phi) is 3.90. The topological polar surface area (TPSA) is 84.0 Å². The summed E-state index contributed by atoms with van der Waals surface area (Å²) in [5.41, 5.74) is 0. The van der Waals surface area contributed by atoms with Gasteiger partial charge < -0.3 is 9.64 Å². The molecule has 0 radical (unpaired) electrons. The minimum atomic E-state index is 0.0346. The van der Waals surface area contributed by atoms with Gasteiger partial charge in [0.1, 0.15) is 0 Å². The zero-order valence-corrected chi connectivity index (χ0v) is 11.0. The quantitative estimate of drug-likeness (QED) is 0.782. The minimum absolute atomic E-state index is 0.0346. The molecule has 7 nitrogen and oxygen atoms in total. The zero-order valence-electron chi connectivity index (χ0n) is 11.0. The summed E-state index contributed by atoms with van der Waals surface area (Å²) in [5.74, 6) is 0.880. The fourth-order valence-corrected chi connectivity index (χ4v) is 2.07. The maximum absolute atomic E-state index is 12.1. The van der Waals surface area contributed by atoms with Gasteiger partial charge in [0, 0.05) is 26.1 Å². The number of hydrogen-bond acceptors (Lipinski definition) is 5. The number of H-pyrrole nitrogens is 1. The highest BCUT2D eigenvalue weighted by Crippen LogP contribution is 2.35. The summed E-state index contributed by atoms with van der Waals surface area (Å²) in [5, 5.41) is 13.8. The number of carbonyl (C=O) groups excluding carboxylic acids is 1. The number of nitrogens with zero attached hydrogens (tertiary/aromatic N) is 4. The molecule has 1 aromatic heterocycles. The second-order valence-electron chi connectivity index (χ2n) is 4.73. The second-order valence-corrected chi connectivity index (χ2v) is 4.73. The third-order valence-corrected chi connectivity index (χ3v) is 3.16. The Bertz CT molecular complexity index is 394. The number of aromatic nitrogens is 4. The van der Waals surface area contributed by atoms with Crippen LogP contribution in [0.4, 0.5) is 0 Å². The lowest BCUT2D eigenvalue weighted by atomic mass is 10.1. The van der Waals surface area contributed by atoms with Gasteiger partial charge in [-0.25, -0.2) is 0 Å². The van der Waals surface area contributed by atoms with E-state index in [1.54, 1.807) is 11.9 Å². The predicted octanol–water partition coefficient (Wildman–Crippen LogP) is 0.187. The maximum Gasteiger partial charge on any atom is 0.228 e. The van der Waals surface area contributed by atoms with Gasteiger partial charge >= 0.3 is 0 Å². The number of amides is 1. The van der Waals surface area contributed by atoms with Crippen molar-refractivity contribution in [2.45, 2.75) is 32.3 Å². The summed E-state index contributed by atoms with van der Waals surface area (Å²) in [7, 11) is 1.81. The van der Waals surface area contributed by atoms with E-state index in [2.05, 4.69) is 20.6 Å². The third-order valence-electron chi connectivity index (χ3n) is 3.16. The molecule has 7 heteroatoms. The molecule has 100 valence electrons. The normalized spacial score (nSPS) is 23.7. The van der Waals surface area contributed by atoms with Crippen molar-refractivity contribution in [3.05, 3.63) is 5.82 Å². The highest BCUT2D eigenvalue weighted by Gasteiger charge is 2.45. The van der Waals surface area contributed by atoms with Crippen LogP contribution in [-0.2, 0) is 9.53 Å². The number of likely N-dealkylation sites (N-methyl/N-ethyl adjacent to an activating group) is 1. The lowest BCUT2D eigenvalue weighted by Crippen LogP contribution is -2.32. The molecule has 0 unspecified atom stereocenters. The first-order valence-electron chi connectivity index (χ1n) is 6.23. The van der Waals surface area contributed by atoms with Crippen molar-refractivity contribution in [1.82, 2.24) is 25.5 Å². The molecule has 1 saturated carbocycles. The Morgan fingerprint density at radius 2 is 2.44 bits per heavy atom. The van der Waals surface area contributed by atoms with Crippen molar-refractivity contribution in [2.24, 2.45) is 5.92 Å². The van der Waals surface area contributed by atoms with Gasteiger partial charge in [-0.05, 0) is 13.3 Å². The van der Waals surface area contributed by atoms with Crippen molar-refractivity contribution >= 4 is 5.91 Å². The molecule has 3 atom stereocenters. The van der Waals surface area contributed by atoms with Crippen LogP contribution >= 0.6 is 0 Å². The van der Waals surface area contributed by atoms with E-state index in [0.717, 1.165) is 6.42 Å². The van der Waals surface area contributed by atoms with E-state index in [4.69, 9.17) is 4.74 Å². The molecule has 0 aliphatic heterocycles. The predicted molar refractivity (Wildman–Crippen MR) is 63.8 cm³/mol. The number of tetrazole rings is 1. The Labute approximate surface area is 106 Å². The molecular formula is C11H19N5O2. The van der Waals surface area contributed by atoms with Crippen LogP contribution in [0.15, 0.2) is 0 Å². The van der Waals surface area contributed by atoms with E-state index < -0.39 is 0 Å². The van der Waals surface area contributed by atoms with E-state index in [-0.39, 0.29) is 23.8 Å². The summed E-state index contributed by atoms with van der Waals surface area (Å²) < 4.78 is 5.43. The third kappa shape index (κ3) is 2.84. The molecule has 0 saturated heterocycles. The van der Waals surface area contributed by atoms with Crippen molar-refractivity contribution in [3.63, 3.8) is 0 Å². The SMILES string of the molecule is CCO[C@@H]1C[C@H]1C(=O)N(C)C[C@H](C)c1nn[nH]n1. The van der Waals surface area contributed by atoms with E-state index in [1.165, 1.54) is 0 Å². The highest BCUT2D eigenvalue weighted by atomic mass is 16.5. The van der Waals surface area contributed by atoms with Gasteiger partial charge in [-0.15, -0.1) is 10.2 Å². The van der Waals surface area contributed by atoms with Gasteiger partial charge in [-0.1, -0.05) is 12.1 Å². The standard InChI is InChI=1S/C11H19N5O2/c1-4-18-9-5-8(9)11(17)16(3)6-7(2)10-12-14-15-13-10/h7-9H,4-6H2,1-3H3,(H,12,13,14,15)/t7-,8+,9+/m0/s1. The molecule has 1 aliphatic carbocycles. The van der Waals surface area contributed by atoms with Crippen molar-refractivity contribution in [1.29, 1.82) is 0 Å². The van der Waals surface area contributed by atoms with Crippen LogP contribution in [0.2, 0.25) is 0 Å². The van der Waals surface area contributed by atoms with Crippen LogP contribution in [0.5, 0.6) is 0 Å². The van der Waals surface area contributed by atoms with Crippen molar-refractivity contribution in [2.75, 3.05) is 20.2 Å². The molecular weight excluding hydrogens is 234 g/mol. The monoisotopic (exact) mass is 253 g/mol. The fourth-order valence-electron chi connectivity index (χ4n) is 2.07. The van der Waals surface area contributed by atoms with Crippen LogP contribution in [0.1, 0.15) is 32.0 Å².